The highest BCUT2D eigenvalue weighted by Crippen LogP contribution is 2.20. The van der Waals surface area contributed by atoms with Gasteiger partial charge in [0.15, 0.2) is 0 Å². The zero-order chi connectivity index (χ0) is 15.4. The molecule has 3 rings (SSSR count). The van der Waals surface area contributed by atoms with Gasteiger partial charge >= 0.3 is 0 Å². The van der Waals surface area contributed by atoms with Crippen molar-refractivity contribution >= 4 is 22.1 Å². The minimum atomic E-state index is -1.04. The topological polar surface area (TPSA) is 56.0 Å². The van der Waals surface area contributed by atoms with E-state index in [4.69, 9.17) is 4.52 Å². The van der Waals surface area contributed by atoms with E-state index in [-0.39, 0.29) is 0 Å². The maximum atomic E-state index is 12.2. The first-order valence-corrected chi connectivity index (χ1v) is 9.40. The fourth-order valence-electron chi connectivity index (χ4n) is 2.08. The van der Waals surface area contributed by atoms with Crippen LogP contribution in [0.2, 0.25) is 0 Å². The second kappa shape index (κ2) is 6.98. The molecule has 0 amide bonds. The molecule has 0 bridgehead atoms. The first-order valence-electron chi connectivity index (χ1n) is 7.04. The minimum absolute atomic E-state index is 0.360. The van der Waals surface area contributed by atoms with E-state index in [2.05, 4.69) is 17.1 Å². The number of thiazole rings is 1. The van der Waals surface area contributed by atoms with Crippen LogP contribution in [0.15, 0.2) is 46.3 Å². The predicted octanol–water partition coefficient (Wildman–Crippen LogP) is 3.81. The molecule has 114 valence electrons. The van der Waals surface area contributed by atoms with Crippen molar-refractivity contribution in [2.75, 3.05) is 0 Å². The van der Waals surface area contributed by atoms with Gasteiger partial charge in [-0.15, -0.1) is 11.3 Å². The van der Waals surface area contributed by atoms with E-state index in [0.29, 0.717) is 17.3 Å². The molecule has 0 N–H and O–H groups in total. The second-order valence-corrected chi connectivity index (χ2v) is 7.26. The van der Waals surface area contributed by atoms with Gasteiger partial charge in [-0.05, 0) is 6.42 Å². The van der Waals surface area contributed by atoms with Crippen LogP contribution < -0.4 is 0 Å². The average molecular weight is 332 g/mol. The smallest absolute Gasteiger partial charge is 0.149 e. The summed E-state index contributed by atoms with van der Waals surface area (Å²) in [6.07, 6.45) is 0.917. The highest BCUT2D eigenvalue weighted by atomic mass is 32.2. The lowest BCUT2D eigenvalue weighted by molar-refractivity contribution is 0.396. The average Bonchev–Trinajstić information content (AvgIpc) is 3.17. The number of aryl methyl sites for hydroxylation is 1. The van der Waals surface area contributed by atoms with E-state index in [9.17, 15) is 4.21 Å². The Morgan fingerprint density at radius 2 is 2.05 bits per heavy atom. The Morgan fingerprint density at radius 1 is 1.23 bits per heavy atom. The molecule has 0 saturated carbocycles. The lowest BCUT2D eigenvalue weighted by Gasteiger charge is -1.96. The second-order valence-electron chi connectivity index (χ2n) is 4.86. The molecule has 6 heteroatoms. The molecule has 0 aliphatic carbocycles. The van der Waals surface area contributed by atoms with Gasteiger partial charge in [0.05, 0.1) is 22.2 Å². The van der Waals surface area contributed by atoms with E-state index >= 15 is 0 Å². The number of nitrogens with zero attached hydrogens (tertiary/aromatic N) is 2. The van der Waals surface area contributed by atoms with Crippen molar-refractivity contribution in [2.24, 2.45) is 0 Å². The first-order chi connectivity index (χ1) is 10.7. The summed E-state index contributed by atoms with van der Waals surface area (Å²) >= 11 is 1.62. The lowest BCUT2D eigenvalue weighted by Crippen LogP contribution is -1.99. The van der Waals surface area contributed by atoms with Crippen molar-refractivity contribution in [1.82, 2.24) is 10.1 Å². The molecule has 0 fully saturated rings. The van der Waals surface area contributed by atoms with Crippen molar-refractivity contribution in [2.45, 2.75) is 24.9 Å². The van der Waals surface area contributed by atoms with Crippen LogP contribution in [-0.2, 0) is 28.7 Å². The molecule has 0 unspecified atom stereocenters. The van der Waals surface area contributed by atoms with E-state index in [1.165, 1.54) is 0 Å². The molecule has 1 aromatic carbocycles. The van der Waals surface area contributed by atoms with Crippen LogP contribution in [0.25, 0.3) is 11.3 Å². The third kappa shape index (κ3) is 3.69. The number of hydrogen-bond donors (Lipinski definition) is 0. The van der Waals surface area contributed by atoms with Crippen LogP contribution in [0.1, 0.15) is 23.4 Å². The molecule has 2 heterocycles. The van der Waals surface area contributed by atoms with Crippen molar-refractivity contribution in [3.05, 3.63) is 58.2 Å². The highest BCUT2D eigenvalue weighted by molar-refractivity contribution is 7.83. The third-order valence-corrected chi connectivity index (χ3v) is 5.41. The molecule has 4 nitrogen and oxygen atoms in total. The maximum absolute atomic E-state index is 12.2. The van der Waals surface area contributed by atoms with Crippen molar-refractivity contribution in [1.29, 1.82) is 0 Å². The number of hydrogen-bond acceptors (Lipinski definition) is 5. The Morgan fingerprint density at radius 3 is 2.77 bits per heavy atom. The van der Waals surface area contributed by atoms with Crippen LogP contribution in [0.5, 0.6) is 0 Å². The van der Waals surface area contributed by atoms with Crippen LogP contribution in [0, 0.1) is 0 Å². The maximum Gasteiger partial charge on any atom is 0.149 e. The zero-order valence-electron chi connectivity index (χ0n) is 12.2. The highest BCUT2D eigenvalue weighted by Gasteiger charge is 2.11. The van der Waals surface area contributed by atoms with Gasteiger partial charge in [0.1, 0.15) is 11.5 Å². The summed E-state index contributed by atoms with van der Waals surface area (Å²) in [6.45, 7) is 2.07. The van der Waals surface area contributed by atoms with Crippen LogP contribution in [-0.4, -0.2) is 14.3 Å². The zero-order valence-corrected chi connectivity index (χ0v) is 13.8. The van der Waals surface area contributed by atoms with Gasteiger partial charge in [-0.1, -0.05) is 42.4 Å². The Bertz CT molecular complexity index is 765. The van der Waals surface area contributed by atoms with Crippen molar-refractivity contribution in [3.8, 4) is 11.3 Å². The summed E-state index contributed by atoms with van der Waals surface area (Å²) in [6, 6.07) is 11.7. The summed E-state index contributed by atoms with van der Waals surface area (Å²) in [4.78, 5) is 4.44. The summed E-state index contributed by atoms with van der Waals surface area (Å²) in [5.41, 5.74) is 2.66. The quantitative estimate of drug-likeness (QED) is 0.689. The molecule has 2 aromatic heterocycles. The molecule has 22 heavy (non-hydrogen) atoms. The Kier molecular flexibility index (Phi) is 4.80. The van der Waals surface area contributed by atoms with E-state index in [1.54, 1.807) is 11.3 Å². The van der Waals surface area contributed by atoms with Gasteiger partial charge < -0.3 is 4.52 Å². The van der Waals surface area contributed by atoms with Crippen LogP contribution in [0.4, 0.5) is 0 Å². The summed E-state index contributed by atoms with van der Waals surface area (Å²) in [5.74, 6) is 1.46. The minimum Gasteiger partial charge on any atom is -0.360 e. The number of benzene rings is 1. The normalized spacial score (nSPS) is 12.4. The standard InChI is InChI=1S/C16H16N2O2S2/c1-2-16-17-13(9-21-16)10-22(19)11-14-8-15(18-20-14)12-6-4-3-5-7-12/h3-9H,2,10-11H2,1H3/t22-/m0/s1. The van der Waals surface area contributed by atoms with Gasteiger partial charge in [0.2, 0.25) is 0 Å². The molecule has 0 spiro atoms. The van der Waals surface area contributed by atoms with E-state index in [1.807, 2.05) is 41.8 Å². The summed E-state index contributed by atoms with van der Waals surface area (Å²) in [7, 11) is -1.04. The number of aromatic nitrogens is 2. The molecule has 0 aliphatic rings. The molecule has 0 radical (unpaired) electrons. The van der Waals surface area contributed by atoms with Gasteiger partial charge in [0.25, 0.3) is 0 Å². The Hall–Kier alpha value is -1.79. The number of rotatable bonds is 6. The summed E-state index contributed by atoms with van der Waals surface area (Å²) in [5, 5.41) is 7.10. The summed E-state index contributed by atoms with van der Waals surface area (Å²) < 4.78 is 17.5. The molecule has 0 aliphatic heterocycles. The third-order valence-electron chi connectivity index (χ3n) is 3.14. The predicted molar refractivity (Wildman–Crippen MR) is 89.0 cm³/mol. The largest absolute Gasteiger partial charge is 0.360 e. The van der Waals surface area contributed by atoms with Crippen LogP contribution in [0.3, 0.4) is 0 Å². The first kappa shape index (κ1) is 15.1. The molecular formula is C16H16N2O2S2. The fourth-order valence-corrected chi connectivity index (χ4v) is 3.96. The van der Waals surface area contributed by atoms with Crippen LogP contribution >= 0.6 is 11.3 Å². The monoisotopic (exact) mass is 332 g/mol. The molecule has 0 saturated heterocycles. The molecule has 3 aromatic rings. The van der Waals surface area contributed by atoms with E-state index < -0.39 is 10.8 Å². The Balaban J connectivity index is 1.63. The Labute approximate surface area is 135 Å². The van der Waals surface area contributed by atoms with E-state index in [0.717, 1.165) is 28.4 Å². The van der Waals surface area contributed by atoms with Gasteiger partial charge in [-0.25, -0.2) is 4.98 Å². The van der Waals surface area contributed by atoms with Gasteiger partial charge in [0, 0.05) is 27.8 Å². The molecule has 1 atom stereocenters. The van der Waals surface area contributed by atoms with Crippen molar-refractivity contribution in [3.63, 3.8) is 0 Å². The lowest BCUT2D eigenvalue weighted by atomic mass is 10.1. The fraction of sp³-hybridized carbons (Fsp3) is 0.250. The molecular weight excluding hydrogens is 316 g/mol. The SMILES string of the molecule is CCc1nc(C[S@](=O)Cc2cc(-c3ccccc3)no2)cs1. The van der Waals surface area contributed by atoms with Gasteiger partial charge in [-0.3, -0.25) is 4.21 Å². The van der Waals surface area contributed by atoms with Crippen molar-refractivity contribution < 1.29 is 8.73 Å². The van der Waals surface area contributed by atoms with Gasteiger partial charge in [-0.2, -0.15) is 0 Å².